The van der Waals surface area contributed by atoms with E-state index in [4.69, 9.17) is 13.3 Å². The summed E-state index contributed by atoms with van der Waals surface area (Å²) in [5.41, 5.74) is 0. The van der Waals surface area contributed by atoms with Crippen LogP contribution in [-0.4, -0.2) is 19.9 Å². The van der Waals surface area contributed by atoms with Crippen molar-refractivity contribution in [2.75, 3.05) is 6.61 Å². The molecule has 0 aromatic carbocycles. The smallest absolute Gasteiger partial charge is 0.299 e. The minimum absolute atomic E-state index is 0.608. The van der Waals surface area contributed by atoms with Gasteiger partial charge in [-0.1, -0.05) is 6.42 Å². The highest BCUT2D eigenvalue weighted by molar-refractivity contribution is 7.73. The van der Waals surface area contributed by atoms with Crippen molar-refractivity contribution in [1.82, 2.24) is 0 Å². The first-order valence-electron chi connectivity index (χ1n) is 2.02. The molecule has 0 rings (SSSR count). The Bertz CT molecular complexity index is 102. The van der Waals surface area contributed by atoms with Crippen LogP contribution >= 0.6 is 0 Å². The van der Waals surface area contributed by atoms with Gasteiger partial charge in [-0.3, -0.25) is 9.11 Å². The monoisotopic (exact) mass is 152 g/mol. The zero-order chi connectivity index (χ0) is 7.70. The third-order valence-electron chi connectivity index (χ3n) is 0.228. The van der Waals surface area contributed by atoms with E-state index in [9.17, 15) is 0 Å². The third kappa shape index (κ3) is 107. The zero-order valence-corrected chi connectivity index (χ0v) is 5.72. The molecule has 0 radical (unpaired) electrons. The van der Waals surface area contributed by atoms with Crippen molar-refractivity contribution in [1.29, 1.82) is 0 Å². The first kappa shape index (κ1) is 11.3. The summed E-state index contributed by atoms with van der Waals surface area (Å²) in [6.45, 7) is 2.45. The molecule has 0 aliphatic carbocycles. The first-order valence-corrected chi connectivity index (χ1v) is 3.08. The van der Waals surface area contributed by atoms with Crippen LogP contribution in [0.5, 0.6) is 0 Å². The normalized spacial score (nSPS) is 7.00. The fraction of sp³-hybridized carbons (Fsp3) is 0.500. The largest absolute Gasteiger partial charge is 0.447 e. The number of hydrogen-bond acceptors (Lipinski definition) is 2. The molecule has 0 heterocycles. The quantitative estimate of drug-likeness (QED) is 0.418. The van der Waals surface area contributed by atoms with Gasteiger partial charge >= 0.3 is 0 Å². The van der Waals surface area contributed by atoms with Gasteiger partial charge in [-0.2, -0.15) is 4.21 Å². The molecular formula is C4H8O4S. The topological polar surface area (TPSA) is 66.8 Å². The van der Waals surface area contributed by atoms with Crippen LogP contribution in [0, 0.1) is 12.5 Å². The van der Waals surface area contributed by atoms with Crippen LogP contribution in [0.25, 0.3) is 0 Å². The predicted octanol–water partition coefficient (Wildman–Crippen LogP) is 0.295. The molecule has 4 nitrogen and oxygen atoms in total. The summed E-state index contributed by atoms with van der Waals surface area (Å²) in [6.07, 6.45) is 6.68. The SMILES string of the molecule is C#COCC.O=S(O)O. The van der Waals surface area contributed by atoms with E-state index in [0.29, 0.717) is 6.61 Å². The van der Waals surface area contributed by atoms with Gasteiger partial charge in [0.15, 0.2) is 0 Å². The second kappa shape index (κ2) is 10.4. The van der Waals surface area contributed by atoms with Gasteiger partial charge in [0.25, 0.3) is 11.4 Å². The molecule has 0 atom stereocenters. The van der Waals surface area contributed by atoms with Crippen LogP contribution in [0.4, 0.5) is 0 Å². The maximum Gasteiger partial charge on any atom is 0.299 e. The van der Waals surface area contributed by atoms with E-state index in [-0.39, 0.29) is 0 Å². The van der Waals surface area contributed by atoms with Gasteiger partial charge in [-0.15, -0.1) is 0 Å². The van der Waals surface area contributed by atoms with Crippen LogP contribution in [0.3, 0.4) is 0 Å². The van der Waals surface area contributed by atoms with Crippen LogP contribution in [-0.2, 0) is 16.1 Å². The minimum atomic E-state index is -2.61. The van der Waals surface area contributed by atoms with Crippen molar-refractivity contribution in [3.63, 3.8) is 0 Å². The van der Waals surface area contributed by atoms with Gasteiger partial charge in [0, 0.05) is 0 Å². The van der Waals surface area contributed by atoms with Crippen molar-refractivity contribution in [2.45, 2.75) is 6.92 Å². The summed E-state index contributed by atoms with van der Waals surface area (Å²) in [5.74, 6) is 0. The molecule has 0 spiro atoms. The van der Waals surface area contributed by atoms with Crippen LogP contribution in [0.2, 0.25) is 0 Å². The molecule has 0 saturated carbocycles. The molecule has 0 bridgehead atoms. The lowest BCUT2D eigenvalue weighted by atomic mass is 10.9. The summed E-state index contributed by atoms with van der Waals surface area (Å²) in [4.78, 5) is 0. The standard InChI is InChI=1S/C4H6O.H2O3S/c1-3-5-4-2;1-4(2)3/h1H,4H2,2H3;(H2,1,2,3). The van der Waals surface area contributed by atoms with E-state index < -0.39 is 11.4 Å². The van der Waals surface area contributed by atoms with Crippen molar-refractivity contribution in [3.05, 3.63) is 0 Å². The van der Waals surface area contributed by atoms with Crippen LogP contribution < -0.4 is 0 Å². The van der Waals surface area contributed by atoms with Crippen molar-refractivity contribution in [2.24, 2.45) is 0 Å². The number of ether oxygens (including phenoxy) is 1. The van der Waals surface area contributed by atoms with Gasteiger partial charge in [-0.05, 0) is 6.92 Å². The molecule has 2 N–H and O–H groups in total. The van der Waals surface area contributed by atoms with E-state index in [2.05, 4.69) is 11.2 Å². The molecule has 0 aliphatic rings. The fourth-order valence-electron chi connectivity index (χ4n) is 0.0833. The highest BCUT2D eigenvalue weighted by atomic mass is 32.2. The summed E-state index contributed by atoms with van der Waals surface area (Å²) in [6, 6.07) is 0. The zero-order valence-electron chi connectivity index (χ0n) is 4.90. The van der Waals surface area contributed by atoms with Crippen molar-refractivity contribution < 1.29 is 18.1 Å². The third-order valence-corrected chi connectivity index (χ3v) is 0.228. The lowest BCUT2D eigenvalue weighted by molar-refractivity contribution is 0.300. The van der Waals surface area contributed by atoms with Gasteiger partial charge < -0.3 is 4.74 Å². The fourth-order valence-corrected chi connectivity index (χ4v) is 0.0833. The Morgan fingerprint density at radius 1 is 1.78 bits per heavy atom. The van der Waals surface area contributed by atoms with Gasteiger partial charge in [0.2, 0.25) is 0 Å². The molecule has 0 aromatic heterocycles. The Balaban J connectivity index is 0. The summed E-state index contributed by atoms with van der Waals surface area (Å²) in [5, 5.41) is 0. The van der Waals surface area contributed by atoms with Gasteiger partial charge in [0.1, 0.15) is 6.11 Å². The lowest BCUT2D eigenvalue weighted by Crippen LogP contribution is -1.74. The molecule has 0 saturated heterocycles. The molecule has 9 heavy (non-hydrogen) atoms. The van der Waals surface area contributed by atoms with Crippen LogP contribution in [0.1, 0.15) is 6.92 Å². The van der Waals surface area contributed by atoms with Gasteiger partial charge in [0.05, 0.1) is 6.61 Å². The Morgan fingerprint density at radius 2 is 2.11 bits per heavy atom. The molecule has 0 unspecified atom stereocenters. The average Bonchev–Trinajstić information content (AvgIpc) is 1.66. The van der Waals surface area contributed by atoms with E-state index in [1.165, 1.54) is 0 Å². The van der Waals surface area contributed by atoms with E-state index in [1.54, 1.807) is 0 Å². The number of hydrogen-bond donors (Lipinski definition) is 2. The van der Waals surface area contributed by atoms with E-state index >= 15 is 0 Å². The molecule has 5 heteroatoms. The number of rotatable bonds is 1. The molecule has 0 aliphatic heterocycles. The van der Waals surface area contributed by atoms with Gasteiger partial charge in [-0.25, -0.2) is 0 Å². The summed E-state index contributed by atoms with van der Waals surface area (Å²) in [7, 11) is 0. The predicted molar refractivity (Wildman–Crippen MR) is 33.9 cm³/mol. The molecule has 54 valence electrons. The number of terminal acetylenes is 1. The molecule has 0 aromatic rings. The minimum Gasteiger partial charge on any atom is -0.447 e. The van der Waals surface area contributed by atoms with E-state index in [0.717, 1.165) is 0 Å². The Morgan fingerprint density at radius 3 is 2.11 bits per heavy atom. The second-order valence-corrected chi connectivity index (χ2v) is 1.24. The van der Waals surface area contributed by atoms with E-state index in [1.807, 2.05) is 13.0 Å². The second-order valence-electron chi connectivity index (χ2n) is 0.782. The molecule has 0 fully saturated rings. The summed E-state index contributed by atoms with van der Waals surface area (Å²) < 4.78 is 27.2. The van der Waals surface area contributed by atoms with Crippen LogP contribution in [0.15, 0.2) is 0 Å². The molecule has 0 amide bonds. The average molecular weight is 152 g/mol. The van der Waals surface area contributed by atoms with Crippen molar-refractivity contribution in [3.8, 4) is 12.5 Å². The lowest BCUT2D eigenvalue weighted by Gasteiger charge is -1.79. The highest BCUT2D eigenvalue weighted by Crippen LogP contribution is 1.58. The first-order chi connectivity index (χ1) is 4.15. The highest BCUT2D eigenvalue weighted by Gasteiger charge is 1.62. The Hall–Kier alpha value is -0.570. The summed E-state index contributed by atoms with van der Waals surface area (Å²) >= 11 is -2.61. The maximum absolute atomic E-state index is 8.67. The maximum atomic E-state index is 8.67. The Labute approximate surface area is 56.3 Å². The van der Waals surface area contributed by atoms with Crippen molar-refractivity contribution >= 4 is 11.4 Å². The molecular weight excluding hydrogens is 144 g/mol. The Kier molecular flexibility index (Phi) is 13.0.